The summed E-state index contributed by atoms with van der Waals surface area (Å²) in [6.45, 7) is 2.39. The maximum Gasteiger partial charge on any atom is 0.408 e. The van der Waals surface area contributed by atoms with Gasteiger partial charge in [0.2, 0.25) is 5.91 Å². The zero-order valence-corrected chi connectivity index (χ0v) is 18.0. The fourth-order valence-corrected chi connectivity index (χ4v) is 4.96. The summed E-state index contributed by atoms with van der Waals surface area (Å²) in [5.41, 5.74) is 2.66. The molecular weight excluding hydrogens is 408 g/mol. The van der Waals surface area contributed by atoms with Crippen molar-refractivity contribution in [1.82, 2.24) is 10.2 Å². The van der Waals surface area contributed by atoms with Crippen molar-refractivity contribution < 1.29 is 24.2 Å². The fraction of sp³-hybridized carbons (Fsp3) is 0.400. The number of rotatable bonds is 5. The van der Waals surface area contributed by atoms with Crippen molar-refractivity contribution in [3.8, 4) is 11.1 Å². The van der Waals surface area contributed by atoms with Gasteiger partial charge in [-0.1, -0.05) is 48.5 Å². The maximum atomic E-state index is 13.0. The minimum absolute atomic E-state index is 0.0474. The van der Waals surface area contributed by atoms with Crippen molar-refractivity contribution in [2.24, 2.45) is 5.41 Å². The zero-order valence-electron chi connectivity index (χ0n) is 18.0. The molecule has 1 heterocycles. The molecule has 2 fully saturated rings. The zero-order chi connectivity index (χ0) is 22.5. The Hall–Kier alpha value is -3.35. The lowest BCUT2D eigenvalue weighted by Crippen LogP contribution is -2.51. The molecule has 1 saturated carbocycles. The predicted octanol–water partition coefficient (Wildman–Crippen LogP) is 3.38. The monoisotopic (exact) mass is 434 g/mol. The van der Waals surface area contributed by atoms with Crippen molar-refractivity contribution in [3.63, 3.8) is 0 Å². The predicted molar refractivity (Wildman–Crippen MR) is 117 cm³/mol. The Labute approximate surface area is 186 Å². The topological polar surface area (TPSA) is 95.9 Å². The van der Waals surface area contributed by atoms with Crippen LogP contribution in [0.4, 0.5) is 4.79 Å². The number of ether oxygens (including phenoxy) is 1. The first-order chi connectivity index (χ1) is 15.3. The third kappa shape index (κ3) is 3.32. The van der Waals surface area contributed by atoms with E-state index in [1.165, 1.54) is 0 Å². The third-order valence-electron chi connectivity index (χ3n) is 7.12. The molecule has 7 nitrogen and oxygen atoms in total. The van der Waals surface area contributed by atoms with Crippen LogP contribution in [0.2, 0.25) is 0 Å². The SMILES string of the molecule is CC1(C(=O)O)CCN(C(=O)C2(NC(=O)OCC3c4ccccc4-c4ccccc43)CC2)C1. The fourth-order valence-electron chi connectivity index (χ4n) is 4.96. The first-order valence-corrected chi connectivity index (χ1v) is 11.0. The summed E-state index contributed by atoms with van der Waals surface area (Å²) in [6.07, 6.45) is 0.875. The first-order valence-electron chi connectivity index (χ1n) is 11.0. The molecule has 2 aromatic carbocycles. The van der Waals surface area contributed by atoms with Crippen LogP contribution in [0.5, 0.6) is 0 Å². The number of carboxylic acids is 1. The van der Waals surface area contributed by atoms with Crippen molar-refractivity contribution >= 4 is 18.0 Å². The number of amides is 2. The molecule has 2 aliphatic carbocycles. The van der Waals surface area contributed by atoms with E-state index < -0.39 is 23.0 Å². The number of nitrogens with one attached hydrogen (secondary N) is 1. The molecule has 2 aromatic rings. The van der Waals surface area contributed by atoms with Gasteiger partial charge < -0.3 is 20.1 Å². The lowest BCUT2D eigenvalue weighted by atomic mass is 9.90. The van der Waals surface area contributed by atoms with Crippen LogP contribution in [0.15, 0.2) is 48.5 Å². The van der Waals surface area contributed by atoms with Crippen molar-refractivity contribution in [3.05, 3.63) is 59.7 Å². The molecule has 1 unspecified atom stereocenters. The molecule has 7 heteroatoms. The summed E-state index contributed by atoms with van der Waals surface area (Å²) in [5.74, 6) is -1.16. The standard InChI is InChI=1S/C25H26N2O5/c1-24(22(29)30)12-13-27(15-24)21(28)25(10-11-25)26-23(31)32-14-20-18-8-4-2-6-16(18)17-7-3-5-9-19(17)20/h2-9,20H,10-15H2,1H3,(H,26,31)(H,29,30). The van der Waals surface area contributed by atoms with Crippen molar-refractivity contribution in [2.75, 3.05) is 19.7 Å². The number of hydrogen-bond donors (Lipinski definition) is 2. The normalized spacial score (nSPS) is 22.7. The summed E-state index contributed by atoms with van der Waals surface area (Å²) in [6, 6.07) is 16.2. The average molecular weight is 434 g/mol. The van der Waals surface area contributed by atoms with Gasteiger partial charge in [-0.25, -0.2) is 4.79 Å². The van der Waals surface area contributed by atoms with Crippen LogP contribution in [-0.2, 0) is 14.3 Å². The number of alkyl carbamates (subject to hydrolysis) is 1. The average Bonchev–Trinajstić information content (AvgIpc) is 3.33. The molecule has 0 radical (unpaired) electrons. The van der Waals surface area contributed by atoms with Crippen LogP contribution in [0.25, 0.3) is 11.1 Å². The highest BCUT2D eigenvalue weighted by atomic mass is 16.5. The van der Waals surface area contributed by atoms with Crippen LogP contribution >= 0.6 is 0 Å². The van der Waals surface area contributed by atoms with Gasteiger partial charge >= 0.3 is 12.1 Å². The molecule has 1 saturated heterocycles. The van der Waals surface area contributed by atoms with Crippen LogP contribution in [0, 0.1) is 5.41 Å². The second kappa shape index (κ2) is 7.36. The second-order valence-corrected chi connectivity index (χ2v) is 9.38. The van der Waals surface area contributed by atoms with E-state index in [4.69, 9.17) is 4.74 Å². The summed E-state index contributed by atoms with van der Waals surface area (Å²) < 4.78 is 5.59. The van der Waals surface area contributed by atoms with Crippen LogP contribution < -0.4 is 5.32 Å². The van der Waals surface area contributed by atoms with E-state index in [0.29, 0.717) is 25.8 Å². The molecule has 2 amide bonds. The van der Waals surface area contributed by atoms with E-state index in [1.54, 1.807) is 11.8 Å². The molecule has 0 aromatic heterocycles. The number of carbonyl (C=O) groups excluding carboxylic acids is 2. The number of hydrogen-bond acceptors (Lipinski definition) is 4. The lowest BCUT2D eigenvalue weighted by molar-refractivity contribution is -0.147. The smallest absolute Gasteiger partial charge is 0.408 e. The minimum Gasteiger partial charge on any atom is -0.481 e. The molecule has 0 bridgehead atoms. The Kier molecular flexibility index (Phi) is 4.73. The number of likely N-dealkylation sites (tertiary alicyclic amines) is 1. The Morgan fingerprint density at radius 1 is 1.03 bits per heavy atom. The van der Waals surface area contributed by atoms with Gasteiger partial charge in [-0.3, -0.25) is 9.59 Å². The molecule has 1 aliphatic heterocycles. The molecule has 32 heavy (non-hydrogen) atoms. The summed E-state index contributed by atoms with van der Waals surface area (Å²) in [7, 11) is 0. The quantitative estimate of drug-likeness (QED) is 0.752. The Morgan fingerprint density at radius 2 is 1.62 bits per heavy atom. The number of benzene rings is 2. The molecule has 3 aliphatic rings. The third-order valence-corrected chi connectivity index (χ3v) is 7.12. The number of nitrogens with zero attached hydrogens (tertiary/aromatic N) is 1. The van der Waals surface area contributed by atoms with E-state index in [-0.39, 0.29) is 25.0 Å². The number of fused-ring (bicyclic) bond motifs is 3. The van der Waals surface area contributed by atoms with Crippen molar-refractivity contribution in [2.45, 2.75) is 37.6 Å². The van der Waals surface area contributed by atoms with Gasteiger partial charge in [0, 0.05) is 19.0 Å². The minimum atomic E-state index is -0.966. The Balaban J connectivity index is 1.23. The van der Waals surface area contributed by atoms with Gasteiger partial charge in [0.15, 0.2) is 0 Å². The van der Waals surface area contributed by atoms with E-state index in [2.05, 4.69) is 29.6 Å². The van der Waals surface area contributed by atoms with Gasteiger partial charge in [0.25, 0.3) is 0 Å². The summed E-state index contributed by atoms with van der Waals surface area (Å²) in [5, 5.41) is 12.2. The molecular formula is C25H26N2O5. The molecule has 0 spiro atoms. The van der Waals surface area contributed by atoms with Gasteiger partial charge in [-0.2, -0.15) is 0 Å². The molecule has 1 atom stereocenters. The molecule has 2 N–H and O–H groups in total. The molecule has 5 rings (SSSR count). The van der Waals surface area contributed by atoms with Crippen LogP contribution in [-0.4, -0.2) is 53.2 Å². The highest BCUT2D eigenvalue weighted by molar-refractivity contribution is 5.93. The van der Waals surface area contributed by atoms with Gasteiger partial charge in [0.05, 0.1) is 5.41 Å². The summed E-state index contributed by atoms with van der Waals surface area (Å²) in [4.78, 5) is 38.7. The maximum absolute atomic E-state index is 13.0. The number of carbonyl (C=O) groups is 3. The second-order valence-electron chi connectivity index (χ2n) is 9.38. The number of carboxylic acid groups (broad SMARTS) is 1. The first kappa shape index (κ1) is 20.5. The van der Waals surface area contributed by atoms with Gasteiger partial charge in [-0.05, 0) is 48.4 Å². The molecule has 166 valence electrons. The van der Waals surface area contributed by atoms with Crippen LogP contribution in [0.1, 0.15) is 43.2 Å². The Morgan fingerprint density at radius 3 is 2.16 bits per heavy atom. The van der Waals surface area contributed by atoms with Gasteiger partial charge in [-0.15, -0.1) is 0 Å². The highest BCUT2D eigenvalue weighted by Gasteiger charge is 2.56. The van der Waals surface area contributed by atoms with Gasteiger partial charge in [0.1, 0.15) is 12.1 Å². The largest absolute Gasteiger partial charge is 0.481 e. The Bertz CT molecular complexity index is 1060. The van der Waals surface area contributed by atoms with E-state index in [1.807, 2.05) is 24.3 Å². The summed E-state index contributed by atoms with van der Waals surface area (Å²) >= 11 is 0. The van der Waals surface area contributed by atoms with E-state index in [9.17, 15) is 19.5 Å². The van der Waals surface area contributed by atoms with E-state index in [0.717, 1.165) is 22.3 Å². The van der Waals surface area contributed by atoms with Crippen LogP contribution in [0.3, 0.4) is 0 Å². The lowest BCUT2D eigenvalue weighted by Gasteiger charge is -2.25. The van der Waals surface area contributed by atoms with E-state index >= 15 is 0 Å². The van der Waals surface area contributed by atoms with Crippen molar-refractivity contribution in [1.29, 1.82) is 0 Å². The number of aliphatic carboxylic acids is 1. The highest BCUT2D eigenvalue weighted by Crippen LogP contribution is 2.45.